The number of thiophene rings is 1. The van der Waals surface area contributed by atoms with Crippen molar-refractivity contribution >= 4 is 27.5 Å². The van der Waals surface area contributed by atoms with Gasteiger partial charge < -0.3 is 4.90 Å². The van der Waals surface area contributed by atoms with Gasteiger partial charge in [-0.15, -0.1) is 11.3 Å². The lowest BCUT2D eigenvalue weighted by atomic mass is 9.95. The zero-order valence-electron chi connectivity index (χ0n) is 19.2. The Balaban J connectivity index is 1.54. The first kappa shape index (κ1) is 21.9. The normalized spacial score (nSPS) is 16.0. The summed E-state index contributed by atoms with van der Waals surface area (Å²) in [6, 6.07) is 10.6. The Labute approximate surface area is 189 Å². The summed E-state index contributed by atoms with van der Waals surface area (Å²) in [5.74, 6) is 0.975. The zero-order chi connectivity index (χ0) is 22.2. The maximum atomic E-state index is 13.5. The molecule has 164 valence electrons. The average Bonchev–Trinajstić information content (AvgIpc) is 2.90. The molecule has 1 aromatic carbocycles. The smallest absolute Gasteiger partial charge is 0.264 e. The molecule has 0 saturated carbocycles. The highest BCUT2D eigenvalue weighted by Crippen LogP contribution is 2.34. The van der Waals surface area contributed by atoms with E-state index >= 15 is 0 Å². The van der Waals surface area contributed by atoms with E-state index < -0.39 is 0 Å². The van der Waals surface area contributed by atoms with Crippen LogP contribution in [0.15, 0.2) is 30.3 Å². The van der Waals surface area contributed by atoms with E-state index in [9.17, 15) is 4.79 Å². The van der Waals surface area contributed by atoms with E-state index in [0.29, 0.717) is 0 Å². The minimum atomic E-state index is -0.117. The summed E-state index contributed by atoms with van der Waals surface area (Å²) in [7, 11) is 0. The summed E-state index contributed by atoms with van der Waals surface area (Å²) in [6.45, 7) is 14.9. The van der Waals surface area contributed by atoms with Gasteiger partial charge in [-0.25, -0.2) is 9.97 Å². The average molecular weight is 437 g/mol. The third kappa shape index (κ3) is 4.65. The van der Waals surface area contributed by atoms with Crippen molar-refractivity contribution in [1.82, 2.24) is 19.8 Å². The standard InChI is InChI=1S/C25H32N4OS/c1-17-20-18(2)26-24(25(3,4)5)27-22(20)31-21(17)23(30)29-13-9-12-28(14-15-29)16-19-10-7-6-8-11-19/h6-8,10-11H,9,12-16H2,1-5H3. The molecule has 3 aromatic rings. The molecule has 0 spiro atoms. The Hall–Kier alpha value is -2.31. The first-order chi connectivity index (χ1) is 14.7. The van der Waals surface area contributed by atoms with Crippen LogP contribution in [-0.2, 0) is 12.0 Å². The van der Waals surface area contributed by atoms with Gasteiger partial charge in [-0.3, -0.25) is 9.69 Å². The Morgan fingerprint density at radius 3 is 2.48 bits per heavy atom. The van der Waals surface area contributed by atoms with Crippen LogP contribution in [-0.4, -0.2) is 51.9 Å². The van der Waals surface area contributed by atoms with Crippen molar-refractivity contribution < 1.29 is 4.79 Å². The Morgan fingerprint density at radius 2 is 1.77 bits per heavy atom. The summed E-state index contributed by atoms with van der Waals surface area (Å²) < 4.78 is 0. The molecule has 6 heteroatoms. The molecule has 31 heavy (non-hydrogen) atoms. The summed E-state index contributed by atoms with van der Waals surface area (Å²) >= 11 is 1.52. The van der Waals surface area contributed by atoms with E-state index in [1.807, 2.05) is 18.7 Å². The third-order valence-corrected chi connectivity index (χ3v) is 7.13. The number of fused-ring (bicyclic) bond motifs is 1. The zero-order valence-corrected chi connectivity index (χ0v) is 20.1. The first-order valence-corrected chi connectivity index (χ1v) is 11.9. The van der Waals surface area contributed by atoms with Gasteiger partial charge in [0, 0.05) is 43.5 Å². The predicted octanol–water partition coefficient (Wildman–Crippen LogP) is 4.95. The lowest BCUT2D eigenvalue weighted by molar-refractivity contribution is 0.0765. The number of carbonyl (C=O) groups excluding carboxylic acids is 1. The van der Waals surface area contributed by atoms with E-state index in [4.69, 9.17) is 9.97 Å². The monoisotopic (exact) mass is 436 g/mol. The maximum absolute atomic E-state index is 13.5. The van der Waals surface area contributed by atoms with Gasteiger partial charge in [0.05, 0.1) is 10.6 Å². The molecule has 0 radical (unpaired) electrons. The van der Waals surface area contributed by atoms with E-state index in [-0.39, 0.29) is 11.3 Å². The minimum Gasteiger partial charge on any atom is -0.337 e. The number of benzene rings is 1. The molecule has 5 nitrogen and oxygen atoms in total. The number of aromatic nitrogens is 2. The van der Waals surface area contributed by atoms with Crippen LogP contribution in [0.2, 0.25) is 0 Å². The van der Waals surface area contributed by atoms with Gasteiger partial charge >= 0.3 is 0 Å². The minimum absolute atomic E-state index is 0.117. The van der Waals surface area contributed by atoms with Crippen LogP contribution in [0.3, 0.4) is 0 Å². The summed E-state index contributed by atoms with van der Waals surface area (Å²) in [4.78, 5) is 29.3. The van der Waals surface area contributed by atoms with Crippen molar-refractivity contribution in [3.63, 3.8) is 0 Å². The van der Waals surface area contributed by atoms with Crippen molar-refractivity contribution in [2.45, 2.75) is 53.0 Å². The highest BCUT2D eigenvalue weighted by Gasteiger charge is 2.27. The number of amides is 1. The van der Waals surface area contributed by atoms with Crippen molar-refractivity contribution in [2.75, 3.05) is 26.2 Å². The Kier molecular flexibility index (Phi) is 6.13. The van der Waals surface area contributed by atoms with Crippen LogP contribution >= 0.6 is 11.3 Å². The highest BCUT2D eigenvalue weighted by molar-refractivity contribution is 7.20. The SMILES string of the molecule is Cc1nc(C(C)(C)C)nc2sc(C(=O)N3CCCN(Cc4ccccc4)CC3)c(C)c12. The largest absolute Gasteiger partial charge is 0.337 e. The van der Waals surface area contributed by atoms with Crippen LogP contribution in [0.1, 0.15) is 59.5 Å². The first-order valence-electron chi connectivity index (χ1n) is 11.1. The second kappa shape index (κ2) is 8.67. The lowest BCUT2D eigenvalue weighted by Crippen LogP contribution is -2.35. The molecule has 2 aromatic heterocycles. The number of rotatable bonds is 3. The van der Waals surface area contributed by atoms with Crippen LogP contribution < -0.4 is 0 Å². The fourth-order valence-corrected chi connectivity index (χ4v) is 5.40. The van der Waals surface area contributed by atoms with Gasteiger partial charge in [-0.2, -0.15) is 0 Å². The molecule has 3 heterocycles. The van der Waals surface area contributed by atoms with E-state index in [0.717, 1.165) is 71.3 Å². The number of hydrogen-bond donors (Lipinski definition) is 0. The fraction of sp³-hybridized carbons (Fsp3) is 0.480. The van der Waals surface area contributed by atoms with Crippen molar-refractivity contribution in [1.29, 1.82) is 0 Å². The second-order valence-electron chi connectivity index (χ2n) is 9.53. The van der Waals surface area contributed by atoms with Gasteiger partial charge in [-0.1, -0.05) is 51.1 Å². The third-order valence-electron chi connectivity index (χ3n) is 5.96. The Bertz CT molecular complexity index is 1080. The maximum Gasteiger partial charge on any atom is 0.264 e. The van der Waals surface area contributed by atoms with Gasteiger partial charge in [-0.05, 0) is 31.4 Å². The summed E-state index contributed by atoms with van der Waals surface area (Å²) in [6.07, 6.45) is 0.996. The molecule has 1 fully saturated rings. The predicted molar refractivity (Wildman–Crippen MR) is 128 cm³/mol. The summed E-state index contributed by atoms with van der Waals surface area (Å²) in [5, 5.41) is 1.04. The molecular weight excluding hydrogens is 404 g/mol. The second-order valence-corrected chi connectivity index (χ2v) is 10.5. The molecule has 1 aliphatic heterocycles. The molecule has 0 N–H and O–H groups in total. The van der Waals surface area contributed by atoms with E-state index in [2.05, 4.69) is 56.0 Å². The highest BCUT2D eigenvalue weighted by atomic mass is 32.1. The number of aryl methyl sites for hydroxylation is 2. The quantitative estimate of drug-likeness (QED) is 0.583. The number of hydrogen-bond acceptors (Lipinski definition) is 5. The van der Waals surface area contributed by atoms with Crippen molar-refractivity contribution in [2.24, 2.45) is 0 Å². The molecule has 0 unspecified atom stereocenters. The van der Waals surface area contributed by atoms with Crippen LogP contribution in [0, 0.1) is 13.8 Å². The molecule has 1 amide bonds. The van der Waals surface area contributed by atoms with Gasteiger partial charge in [0.2, 0.25) is 0 Å². The number of carbonyl (C=O) groups is 1. The topological polar surface area (TPSA) is 49.3 Å². The van der Waals surface area contributed by atoms with Gasteiger partial charge in [0.25, 0.3) is 5.91 Å². The Morgan fingerprint density at radius 1 is 1.03 bits per heavy atom. The van der Waals surface area contributed by atoms with E-state index in [1.165, 1.54) is 16.9 Å². The number of nitrogens with zero attached hydrogens (tertiary/aromatic N) is 4. The molecule has 1 saturated heterocycles. The van der Waals surface area contributed by atoms with Crippen LogP contribution in [0.25, 0.3) is 10.2 Å². The van der Waals surface area contributed by atoms with Crippen molar-refractivity contribution in [3.8, 4) is 0 Å². The van der Waals surface area contributed by atoms with E-state index in [1.54, 1.807) is 0 Å². The van der Waals surface area contributed by atoms with Crippen LogP contribution in [0.5, 0.6) is 0 Å². The molecule has 0 bridgehead atoms. The van der Waals surface area contributed by atoms with Crippen molar-refractivity contribution in [3.05, 3.63) is 57.9 Å². The molecule has 4 rings (SSSR count). The van der Waals surface area contributed by atoms with Gasteiger partial charge in [0.15, 0.2) is 0 Å². The van der Waals surface area contributed by atoms with Gasteiger partial charge in [0.1, 0.15) is 10.7 Å². The lowest BCUT2D eigenvalue weighted by Gasteiger charge is -2.22. The molecule has 1 aliphatic rings. The van der Waals surface area contributed by atoms with Crippen LogP contribution in [0.4, 0.5) is 0 Å². The molecule has 0 atom stereocenters. The molecule has 0 aliphatic carbocycles. The molecular formula is C25H32N4OS. The fourth-order valence-electron chi connectivity index (χ4n) is 4.20. The summed E-state index contributed by atoms with van der Waals surface area (Å²) in [5.41, 5.74) is 3.20.